The van der Waals surface area contributed by atoms with E-state index in [1.807, 2.05) is 6.92 Å². The van der Waals surface area contributed by atoms with Crippen LogP contribution in [0.1, 0.15) is 17.6 Å². The third-order valence-electron chi connectivity index (χ3n) is 4.58. The lowest BCUT2D eigenvalue weighted by atomic mass is 10.2. The van der Waals surface area contributed by atoms with Gasteiger partial charge in [0.2, 0.25) is 0 Å². The standard InChI is InChI=1S/C19H22N4S/c1-3-16-13-17-18(20-14(2)21-19(17)24-16)23-11-9-22(10-12-23)15-7-5-4-6-8-15/h4-8,13H,3,9-12H2,1-2H3. The third kappa shape index (κ3) is 2.84. The van der Waals surface area contributed by atoms with Crippen molar-refractivity contribution in [3.05, 3.63) is 47.1 Å². The molecule has 0 aliphatic carbocycles. The molecule has 0 saturated carbocycles. The molecule has 1 aliphatic rings. The van der Waals surface area contributed by atoms with Gasteiger partial charge in [0.25, 0.3) is 0 Å². The molecule has 1 saturated heterocycles. The van der Waals surface area contributed by atoms with E-state index in [1.165, 1.54) is 16.0 Å². The lowest BCUT2D eigenvalue weighted by molar-refractivity contribution is 0.648. The molecule has 0 bridgehead atoms. The molecule has 5 heteroatoms. The molecule has 1 fully saturated rings. The molecule has 2 aromatic heterocycles. The van der Waals surface area contributed by atoms with Crippen LogP contribution in [0.2, 0.25) is 0 Å². The molecule has 0 N–H and O–H groups in total. The van der Waals surface area contributed by atoms with Crippen molar-refractivity contribution in [3.63, 3.8) is 0 Å². The quantitative estimate of drug-likeness (QED) is 0.725. The fourth-order valence-corrected chi connectivity index (χ4v) is 4.30. The monoisotopic (exact) mass is 338 g/mol. The number of piperazine rings is 1. The molecule has 4 rings (SSSR count). The molecule has 24 heavy (non-hydrogen) atoms. The molecule has 1 aliphatic heterocycles. The second-order valence-electron chi connectivity index (χ2n) is 6.19. The summed E-state index contributed by atoms with van der Waals surface area (Å²) in [6.45, 7) is 8.24. The Bertz CT molecular complexity index is 835. The van der Waals surface area contributed by atoms with Crippen LogP contribution >= 0.6 is 11.3 Å². The molecule has 0 unspecified atom stereocenters. The fraction of sp³-hybridized carbons (Fsp3) is 0.368. The van der Waals surface area contributed by atoms with Crippen LogP contribution in [-0.4, -0.2) is 36.1 Å². The number of nitrogens with zero attached hydrogens (tertiary/aromatic N) is 4. The minimum Gasteiger partial charge on any atom is -0.368 e. The number of aryl methyl sites for hydroxylation is 2. The summed E-state index contributed by atoms with van der Waals surface area (Å²) in [5.41, 5.74) is 1.31. The first-order valence-electron chi connectivity index (χ1n) is 8.56. The van der Waals surface area contributed by atoms with Crippen LogP contribution < -0.4 is 9.80 Å². The van der Waals surface area contributed by atoms with Gasteiger partial charge in [0.15, 0.2) is 0 Å². The number of fused-ring (bicyclic) bond motifs is 1. The fourth-order valence-electron chi connectivity index (χ4n) is 3.29. The van der Waals surface area contributed by atoms with Gasteiger partial charge in [-0.1, -0.05) is 25.1 Å². The Kier molecular flexibility index (Phi) is 4.10. The van der Waals surface area contributed by atoms with Crippen LogP contribution in [0.3, 0.4) is 0 Å². The smallest absolute Gasteiger partial charge is 0.141 e. The van der Waals surface area contributed by atoms with Crippen molar-refractivity contribution in [2.75, 3.05) is 36.0 Å². The molecule has 0 radical (unpaired) electrons. The van der Waals surface area contributed by atoms with E-state index in [0.717, 1.165) is 49.1 Å². The predicted molar refractivity (Wildman–Crippen MR) is 102 cm³/mol. The van der Waals surface area contributed by atoms with Gasteiger partial charge in [-0.05, 0) is 31.5 Å². The van der Waals surface area contributed by atoms with E-state index in [0.29, 0.717) is 0 Å². The van der Waals surface area contributed by atoms with E-state index < -0.39 is 0 Å². The number of thiophene rings is 1. The average molecular weight is 338 g/mol. The van der Waals surface area contributed by atoms with E-state index in [2.05, 4.69) is 58.1 Å². The summed E-state index contributed by atoms with van der Waals surface area (Å²) in [6, 6.07) is 12.9. The number of para-hydroxylation sites is 1. The van der Waals surface area contributed by atoms with Gasteiger partial charge >= 0.3 is 0 Å². The first kappa shape index (κ1) is 15.4. The number of hydrogen-bond acceptors (Lipinski definition) is 5. The van der Waals surface area contributed by atoms with Crippen molar-refractivity contribution in [2.24, 2.45) is 0 Å². The Hall–Kier alpha value is -2.14. The van der Waals surface area contributed by atoms with Crippen molar-refractivity contribution in [1.29, 1.82) is 0 Å². The van der Waals surface area contributed by atoms with E-state index in [-0.39, 0.29) is 0 Å². The van der Waals surface area contributed by atoms with Crippen LogP contribution in [0.15, 0.2) is 36.4 Å². The summed E-state index contributed by atoms with van der Waals surface area (Å²) in [5.74, 6) is 1.98. The zero-order valence-corrected chi connectivity index (χ0v) is 15.0. The summed E-state index contributed by atoms with van der Waals surface area (Å²) < 4.78 is 0. The molecule has 0 spiro atoms. The molecule has 1 aromatic carbocycles. The van der Waals surface area contributed by atoms with Crippen molar-refractivity contribution in [3.8, 4) is 0 Å². The Morgan fingerprint density at radius 2 is 1.71 bits per heavy atom. The maximum absolute atomic E-state index is 4.77. The Balaban J connectivity index is 1.59. The number of benzene rings is 1. The van der Waals surface area contributed by atoms with Crippen LogP contribution in [0, 0.1) is 6.92 Å². The van der Waals surface area contributed by atoms with Crippen LogP contribution in [0.4, 0.5) is 11.5 Å². The molecule has 3 heterocycles. The van der Waals surface area contributed by atoms with Crippen molar-refractivity contribution >= 4 is 33.1 Å². The molecular weight excluding hydrogens is 316 g/mol. The first-order chi connectivity index (χ1) is 11.7. The highest BCUT2D eigenvalue weighted by atomic mass is 32.1. The maximum Gasteiger partial charge on any atom is 0.141 e. The highest BCUT2D eigenvalue weighted by Crippen LogP contribution is 2.32. The summed E-state index contributed by atoms with van der Waals surface area (Å²) in [4.78, 5) is 16.8. The topological polar surface area (TPSA) is 32.3 Å². The van der Waals surface area contributed by atoms with Gasteiger partial charge < -0.3 is 9.80 Å². The Labute approximate surface area is 146 Å². The largest absolute Gasteiger partial charge is 0.368 e. The molecule has 4 nitrogen and oxygen atoms in total. The van der Waals surface area contributed by atoms with Gasteiger partial charge in [0.05, 0.1) is 5.39 Å². The van der Waals surface area contributed by atoms with Gasteiger partial charge in [-0.15, -0.1) is 11.3 Å². The minimum atomic E-state index is 0.868. The van der Waals surface area contributed by atoms with E-state index in [1.54, 1.807) is 11.3 Å². The highest BCUT2D eigenvalue weighted by Gasteiger charge is 2.21. The second-order valence-corrected chi connectivity index (χ2v) is 7.30. The average Bonchev–Trinajstić information content (AvgIpc) is 3.05. The third-order valence-corrected chi connectivity index (χ3v) is 5.76. The first-order valence-corrected chi connectivity index (χ1v) is 9.38. The number of aromatic nitrogens is 2. The zero-order chi connectivity index (χ0) is 16.5. The molecular formula is C19H22N4S. The van der Waals surface area contributed by atoms with Crippen LogP contribution in [0.25, 0.3) is 10.2 Å². The van der Waals surface area contributed by atoms with Gasteiger partial charge in [-0.3, -0.25) is 0 Å². The van der Waals surface area contributed by atoms with Crippen LogP contribution in [-0.2, 0) is 6.42 Å². The Morgan fingerprint density at radius 1 is 1.00 bits per heavy atom. The van der Waals surface area contributed by atoms with E-state index >= 15 is 0 Å². The van der Waals surface area contributed by atoms with E-state index in [9.17, 15) is 0 Å². The normalized spacial score (nSPS) is 15.2. The van der Waals surface area contributed by atoms with Gasteiger partial charge in [-0.25, -0.2) is 9.97 Å². The van der Waals surface area contributed by atoms with Crippen LogP contribution in [0.5, 0.6) is 0 Å². The Morgan fingerprint density at radius 3 is 2.42 bits per heavy atom. The summed E-state index contributed by atoms with van der Waals surface area (Å²) in [5, 5.41) is 1.22. The SMILES string of the molecule is CCc1cc2c(N3CCN(c4ccccc4)CC3)nc(C)nc2s1. The maximum atomic E-state index is 4.77. The lowest BCUT2D eigenvalue weighted by Gasteiger charge is -2.37. The number of hydrogen-bond donors (Lipinski definition) is 0. The van der Waals surface area contributed by atoms with Crippen molar-refractivity contribution in [1.82, 2.24) is 9.97 Å². The molecule has 0 atom stereocenters. The summed E-state index contributed by atoms with van der Waals surface area (Å²) in [6.07, 6.45) is 1.06. The minimum absolute atomic E-state index is 0.868. The summed E-state index contributed by atoms with van der Waals surface area (Å²) in [7, 11) is 0. The number of anilines is 2. The zero-order valence-electron chi connectivity index (χ0n) is 14.2. The highest BCUT2D eigenvalue weighted by molar-refractivity contribution is 7.18. The van der Waals surface area contributed by atoms with Gasteiger partial charge in [-0.2, -0.15) is 0 Å². The number of rotatable bonds is 3. The van der Waals surface area contributed by atoms with E-state index in [4.69, 9.17) is 4.98 Å². The molecule has 124 valence electrons. The molecule has 3 aromatic rings. The van der Waals surface area contributed by atoms with Gasteiger partial charge in [0.1, 0.15) is 16.5 Å². The lowest BCUT2D eigenvalue weighted by Crippen LogP contribution is -2.47. The predicted octanol–water partition coefficient (Wildman–Crippen LogP) is 3.89. The second kappa shape index (κ2) is 6.40. The summed E-state index contributed by atoms with van der Waals surface area (Å²) >= 11 is 1.80. The van der Waals surface area contributed by atoms with Crippen molar-refractivity contribution in [2.45, 2.75) is 20.3 Å². The van der Waals surface area contributed by atoms with Crippen molar-refractivity contribution < 1.29 is 0 Å². The molecule has 0 amide bonds. The van der Waals surface area contributed by atoms with Gasteiger partial charge in [0, 0.05) is 36.7 Å².